The van der Waals surface area contributed by atoms with Gasteiger partial charge in [0, 0.05) is 6.42 Å². The van der Waals surface area contributed by atoms with E-state index in [0.717, 1.165) is 0 Å². The maximum Gasteiger partial charge on any atom is 0.142 e. The van der Waals surface area contributed by atoms with Gasteiger partial charge in [-0.05, 0) is 6.92 Å². The molecule has 3 nitrogen and oxygen atoms in total. The van der Waals surface area contributed by atoms with Crippen LogP contribution < -0.4 is 0 Å². The zero-order valence-corrected chi connectivity index (χ0v) is 6.94. The Morgan fingerprint density at radius 2 is 2.30 bits per heavy atom. The molecule has 4 heteroatoms. The van der Waals surface area contributed by atoms with E-state index >= 15 is 0 Å². The van der Waals surface area contributed by atoms with Gasteiger partial charge in [-0.2, -0.15) is 0 Å². The van der Waals surface area contributed by atoms with E-state index in [1.54, 1.807) is 6.92 Å². The Hall–Kier alpha value is -0.510. The maximum atomic E-state index is 10.7. The highest BCUT2D eigenvalue weighted by atomic mass is 32.2. The van der Waals surface area contributed by atoms with E-state index in [1.807, 2.05) is 6.92 Å². The van der Waals surface area contributed by atoms with Gasteiger partial charge in [0.1, 0.15) is 10.8 Å². The van der Waals surface area contributed by atoms with E-state index in [9.17, 15) is 4.79 Å². The molecule has 0 aromatic rings. The number of hydrogen-bond donors (Lipinski definition) is 1. The fourth-order valence-electron chi connectivity index (χ4n) is 0.316. The summed E-state index contributed by atoms with van der Waals surface area (Å²) < 4.78 is 0. The second kappa shape index (κ2) is 5.29. The maximum absolute atomic E-state index is 10.7. The third-order valence-electron chi connectivity index (χ3n) is 0.977. The third kappa shape index (κ3) is 4.38. The van der Waals surface area contributed by atoms with Crippen LogP contribution in [0.25, 0.3) is 0 Å². The second-order valence-corrected chi connectivity index (χ2v) is 2.97. The predicted octanol–water partition coefficient (Wildman–Crippen LogP) is 1.51. The fraction of sp³-hybridized carbons (Fsp3) is 0.667. The number of carbonyl (C=O) groups is 1. The van der Waals surface area contributed by atoms with Gasteiger partial charge in [0.05, 0.1) is 5.75 Å². The molecule has 0 saturated heterocycles. The molecule has 0 aliphatic carbocycles. The van der Waals surface area contributed by atoms with Gasteiger partial charge in [-0.1, -0.05) is 23.8 Å². The van der Waals surface area contributed by atoms with E-state index in [4.69, 9.17) is 5.21 Å². The largest absolute Gasteiger partial charge is 0.410 e. The molecule has 0 rings (SSSR count). The number of thioether (sulfide) groups is 1. The molecule has 0 bridgehead atoms. The van der Waals surface area contributed by atoms with Crippen LogP contribution in [0.4, 0.5) is 0 Å². The topological polar surface area (TPSA) is 49.7 Å². The highest BCUT2D eigenvalue weighted by molar-refractivity contribution is 8.14. The molecule has 0 aliphatic heterocycles. The van der Waals surface area contributed by atoms with E-state index < -0.39 is 0 Å². The molecule has 0 fully saturated rings. The summed E-state index contributed by atoms with van der Waals surface area (Å²) in [5.41, 5.74) is 0. The van der Waals surface area contributed by atoms with Crippen molar-refractivity contribution in [1.82, 2.24) is 0 Å². The molecule has 0 atom stereocenters. The normalized spacial score (nSPS) is 11.6. The van der Waals surface area contributed by atoms with Crippen LogP contribution in [0, 0.1) is 0 Å². The second-order valence-electron chi connectivity index (χ2n) is 1.80. The average Bonchev–Trinajstić information content (AvgIpc) is 1.99. The van der Waals surface area contributed by atoms with Gasteiger partial charge in [-0.15, -0.1) is 0 Å². The van der Waals surface area contributed by atoms with Gasteiger partial charge < -0.3 is 5.21 Å². The first-order valence-corrected chi connectivity index (χ1v) is 4.02. The molecule has 0 radical (unpaired) electrons. The number of Topliss-reactive ketones (excluding diaryl/α,β-unsaturated/α-hetero) is 1. The predicted molar refractivity (Wildman–Crippen MR) is 42.7 cm³/mol. The highest BCUT2D eigenvalue weighted by Crippen LogP contribution is 2.03. The van der Waals surface area contributed by atoms with Crippen molar-refractivity contribution in [2.45, 2.75) is 20.3 Å². The Bertz CT molecular complexity index is 145. The smallest absolute Gasteiger partial charge is 0.142 e. The number of rotatable bonds is 3. The van der Waals surface area contributed by atoms with E-state index in [0.29, 0.717) is 17.2 Å². The van der Waals surface area contributed by atoms with Crippen LogP contribution in [0.2, 0.25) is 0 Å². The lowest BCUT2D eigenvalue weighted by Crippen LogP contribution is -2.00. The minimum atomic E-state index is 0.174. The molecular formula is C6H11NO2S. The van der Waals surface area contributed by atoms with E-state index in [1.165, 1.54) is 11.8 Å². The summed E-state index contributed by atoms with van der Waals surface area (Å²) in [7, 11) is 0. The lowest BCUT2D eigenvalue weighted by Gasteiger charge is -1.94. The number of nitrogens with zero attached hydrogens (tertiary/aromatic N) is 1. The van der Waals surface area contributed by atoms with Gasteiger partial charge in [0.25, 0.3) is 0 Å². The minimum absolute atomic E-state index is 0.174. The van der Waals surface area contributed by atoms with Crippen molar-refractivity contribution in [3.05, 3.63) is 0 Å². The van der Waals surface area contributed by atoms with Crippen molar-refractivity contribution < 1.29 is 10.0 Å². The van der Waals surface area contributed by atoms with E-state index in [2.05, 4.69) is 5.16 Å². The summed E-state index contributed by atoms with van der Waals surface area (Å²) in [5, 5.41) is 11.6. The third-order valence-corrected chi connectivity index (χ3v) is 1.94. The molecular weight excluding hydrogens is 150 g/mol. The minimum Gasteiger partial charge on any atom is -0.410 e. The quantitative estimate of drug-likeness (QED) is 0.295. The standard InChI is InChI=1S/C6H11NO2S/c1-3-6(8)4-10-5(2)7-9/h9H,3-4H2,1-2H3/b7-5+. The van der Waals surface area contributed by atoms with Gasteiger partial charge in [0.2, 0.25) is 0 Å². The van der Waals surface area contributed by atoms with Crippen molar-refractivity contribution in [3.8, 4) is 0 Å². The summed E-state index contributed by atoms with van der Waals surface area (Å²) >= 11 is 1.26. The zero-order chi connectivity index (χ0) is 7.98. The molecule has 0 saturated carbocycles. The van der Waals surface area contributed by atoms with E-state index in [-0.39, 0.29) is 5.78 Å². The van der Waals surface area contributed by atoms with Crippen LogP contribution in [0.1, 0.15) is 20.3 Å². The van der Waals surface area contributed by atoms with Gasteiger partial charge in [-0.3, -0.25) is 4.79 Å². The van der Waals surface area contributed by atoms with Crippen molar-refractivity contribution in [1.29, 1.82) is 0 Å². The molecule has 1 N–H and O–H groups in total. The average molecular weight is 161 g/mol. The Balaban J connectivity index is 3.45. The lowest BCUT2D eigenvalue weighted by molar-refractivity contribution is -0.116. The van der Waals surface area contributed by atoms with Crippen molar-refractivity contribution in [2.24, 2.45) is 5.16 Å². The molecule has 0 aromatic carbocycles. The first-order chi connectivity index (χ1) is 4.70. The molecule has 0 spiro atoms. The zero-order valence-electron chi connectivity index (χ0n) is 6.13. The number of carbonyl (C=O) groups excluding carboxylic acids is 1. The Morgan fingerprint density at radius 1 is 1.70 bits per heavy atom. The molecule has 58 valence electrons. The molecule has 0 aromatic heterocycles. The Kier molecular flexibility index (Phi) is 5.02. The summed E-state index contributed by atoms with van der Waals surface area (Å²) in [5.74, 6) is 0.583. The summed E-state index contributed by atoms with van der Waals surface area (Å²) in [6, 6.07) is 0. The van der Waals surface area contributed by atoms with Crippen LogP contribution in [-0.2, 0) is 4.79 Å². The lowest BCUT2D eigenvalue weighted by atomic mass is 10.4. The first kappa shape index (κ1) is 9.49. The first-order valence-electron chi connectivity index (χ1n) is 3.03. The number of oxime groups is 1. The molecule has 0 aliphatic rings. The number of ketones is 1. The van der Waals surface area contributed by atoms with Crippen LogP contribution in [0.5, 0.6) is 0 Å². The Morgan fingerprint density at radius 3 is 2.70 bits per heavy atom. The van der Waals surface area contributed by atoms with Crippen molar-refractivity contribution in [2.75, 3.05) is 5.75 Å². The van der Waals surface area contributed by atoms with Crippen molar-refractivity contribution >= 4 is 22.6 Å². The van der Waals surface area contributed by atoms with Gasteiger partial charge in [-0.25, -0.2) is 0 Å². The fourth-order valence-corrected chi connectivity index (χ4v) is 0.948. The molecule has 10 heavy (non-hydrogen) atoms. The highest BCUT2D eigenvalue weighted by Gasteiger charge is 1.99. The summed E-state index contributed by atoms with van der Waals surface area (Å²) in [6.07, 6.45) is 0.547. The monoisotopic (exact) mass is 161 g/mol. The van der Waals surface area contributed by atoms with Crippen LogP contribution >= 0.6 is 11.8 Å². The Labute approximate surface area is 64.5 Å². The van der Waals surface area contributed by atoms with Gasteiger partial charge in [0.15, 0.2) is 0 Å². The molecule has 0 unspecified atom stereocenters. The summed E-state index contributed by atoms with van der Waals surface area (Å²) in [4.78, 5) is 10.7. The SMILES string of the molecule is CCC(=O)CS/C(C)=N/O. The van der Waals surface area contributed by atoms with Gasteiger partial charge >= 0.3 is 0 Å². The van der Waals surface area contributed by atoms with Crippen LogP contribution in [0.3, 0.4) is 0 Å². The van der Waals surface area contributed by atoms with Crippen molar-refractivity contribution in [3.63, 3.8) is 0 Å². The number of hydrogen-bond acceptors (Lipinski definition) is 4. The summed E-state index contributed by atoms with van der Waals surface area (Å²) in [6.45, 7) is 3.47. The van der Waals surface area contributed by atoms with Crippen LogP contribution in [-0.4, -0.2) is 21.8 Å². The molecule has 0 amide bonds. The molecule has 0 heterocycles. The van der Waals surface area contributed by atoms with Crippen LogP contribution in [0.15, 0.2) is 5.16 Å².